The van der Waals surface area contributed by atoms with Crippen molar-refractivity contribution in [2.45, 2.75) is 32.9 Å². The molecule has 16 heavy (non-hydrogen) atoms. The predicted molar refractivity (Wildman–Crippen MR) is 63.0 cm³/mol. The van der Waals surface area contributed by atoms with Crippen LogP contribution in [0.2, 0.25) is 0 Å². The van der Waals surface area contributed by atoms with Crippen molar-refractivity contribution in [3.8, 4) is 0 Å². The van der Waals surface area contributed by atoms with Crippen LogP contribution < -0.4 is 0 Å². The molecule has 5 heteroatoms. The SMILES string of the molecule is Cc1nc2n(c1Br)CN(CC1CCC1)C2=O. The Morgan fingerprint density at radius 2 is 2.25 bits per heavy atom. The summed E-state index contributed by atoms with van der Waals surface area (Å²) in [5, 5.41) is 0. The highest BCUT2D eigenvalue weighted by Crippen LogP contribution is 2.30. The Kier molecular flexibility index (Phi) is 2.31. The topological polar surface area (TPSA) is 38.1 Å². The summed E-state index contributed by atoms with van der Waals surface area (Å²) in [7, 11) is 0. The highest BCUT2D eigenvalue weighted by molar-refractivity contribution is 9.10. The van der Waals surface area contributed by atoms with E-state index in [1.807, 2.05) is 16.4 Å². The summed E-state index contributed by atoms with van der Waals surface area (Å²) in [5.41, 5.74) is 0.895. The van der Waals surface area contributed by atoms with Crippen LogP contribution in [0.1, 0.15) is 35.6 Å². The quantitative estimate of drug-likeness (QED) is 0.834. The summed E-state index contributed by atoms with van der Waals surface area (Å²) in [6.07, 6.45) is 3.86. The lowest BCUT2D eigenvalue weighted by Crippen LogP contribution is -2.33. The summed E-state index contributed by atoms with van der Waals surface area (Å²) >= 11 is 3.48. The van der Waals surface area contributed by atoms with Gasteiger partial charge in [0.05, 0.1) is 5.69 Å². The van der Waals surface area contributed by atoms with Crippen molar-refractivity contribution in [3.05, 3.63) is 16.1 Å². The number of carbonyl (C=O) groups is 1. The number of aryl methyl sites for hydroxylation is 1. The van der Waals surface area contributed by atoms with Gasteiger partial charge >= 0.3 is 0 Å². The average Bonchev–Trinajstić information content (AvgIpc) is 2.63. The maximum absolute atomic E-state index is 12.1. The first kappa shape index (κ1) is 10.3. The first-order valence-corrected chi connectivity index (χ1v) is 6.48. The fraction of sp³-hybridized carbons (Fsp3) is 0.636. The van der Waals surface area contributed by atoms with Crippen molar-refractivity contribution in [2.24, 2.45) is 5.92 Å². The van der Waals surface area contributed by atoms with Crippen LogP contribution in [0, 0.1) is 12.8 Å². The standard InChI is InChI=1S/C11H14BrN3O/c1-7-9(12)15-6-14(5-8-3-2-4-8)11(16)10(15)13-7/h8H,2-6H2,1H3. The molecule has 4 nitrogen and oxygen atoms in total. The van der Waals surface area contributed by atoms with Crippen LogP contribution in [-0.2, 0) is 6.67 Å². The van der Waals surface area contributed by atoms with Crippen molar-refractivity contribution in [3.63, 3.8) is 0 Å². The number of fused-ring (bicyclic) bond motifs is 1. The van der Waals surface area contributed by atoms with Gasteiger partial charge < -0.3 is 4.90 Å². The highest BCUT2D eigenvalue weighted by atomic mass is 79.9. The number of amides is 1. The van der Waals surface area contributed by atoms with Crippen LogP contribution in [-0.4, -0.2) is 26.9 Å². The maximum atomic E-state index is 12.1. The largest absolute Gasteiger partial charge is 0.318 e. The van der Waals surface area contributed by atoms with E-state index >= 15 is 0 Å². The summed E-state index contributed by atoms with van der Waals surface area (Å²) in [4.78, 5) is 18.3. The Morgan fingerprint density at radius 1 is 1.50 bits per heavy atom. The van der Waals surface area contributed by atoms with Gasteiger partial charge in [-0.3, -0.25) is 9.36 Å². The Morgan fingerprint density at radius 3 is 2.81 bits per heavy atom. The van der Waals surface area contributed by atoms with E-state index in [2.05, 4.69) is 20.9 Å². The fourth-order valence-corrected chi connectivity index (χ4v) is 2.72. The predicted octanol–water partition coefficient (Wildman–Crippen LogP) is 2.17. The second kappa shape index (κ2) is 3.58. The molecule has 1 aromatic rings. The van der Waals surface area contributed by atoms with E-state index in [1.165, 1.54) is 19.3 Å². The number of halogens is 1. The van der Waals surface area contributed by atoms with Gasteiger partial charge in [-0.2, -0.15) is 0 Å². The zero-order chi connectivity index (χ0) is 11.3. The van der Waals surface area contributed by atoms with Crippen LogP contribution in [0.25, 0.3) is 0 Å². The van der Waals surface area contributed by atoms with Gasteiger partial charge in [0, 0.05) is 6.54 Å². The molecule has 0 N–H and O–H groups in total. The third-order valence-corrected chi connectivity index (χ3v) is 4.56. The number of hydrogen-bond donors (Lipinski definition) is 0. The molecule has 0 radical (unpaired) electrons. The molecule has 3 rings (SSSR count). The van der Waals surface area contributed by atoms with E-state index in [0.717, 1.165) is 16.8 Å². The van der Waals surface area contributed by atoms with E-state index in [1.54, 1.807) is 0 Å². The minimum absolute atomic E-state index is 0.0840. The molecule has 0 aromatic carbocycles. The van der Waals surface area contributed by atoms with Gasteiger partial charge in [0.1, 0.15) is 11.3 Å². The third kappa shape index (κ3) is 1.41. The average molecular weight is 284 g/mol. The molecule has 0 atom stereocenters. The minimum atomic E-state index is 0.0840. The van der Waals surface area contributed by atoms with Gasteiger partial charge in [0.25, 0.3) is 5.91 Å². The Bertz CT molecular complexity index is 450. The van der Waals surface area contributed by atoms with Gasteiger partial charge in [0.2, 0.25) is 5.82 Å². The smallest absolute Gasteiger partial charge is 0.291 e. The van der Waals surface area contributed by atoms with Crippen LogP contribution in [0.5, 0.6) is 0 Å². The van der Waals surface area contributed by atoms with Gasteiger partial charge in [-0.1, -0.05) is 6.42 Å². The fourth-order valence-electron chi connectivity index (χ4n) is 2.35. The molecule has 86 valence electrons. The van der Waals surface area contributed by atoms with Gasteiger partial charge in [0.15, 0.2) is 0 Å². The molecule has 1 aliphatic carbocycles. The van der Waals surface area contributed by atoms with Gasteiger partial charge in [-0.25, -0.2) is 4.98 Å². The normalized spacial score (nSPS) is 20.1. The summed E-state index contributed by atoms with van der Waals surface area (Å²) in [5.74, 6) is 1.39. The van der Waals surface area contributed by atoms with Crippen molar-refractivity contribution < 1.29 is 4.79 Å². The molecule has 1 saturated carbocycles. The third-order valence-electron chi connectivity index (χ3n) is 3.56. The zero-order valence-corrected chi connectivity index (χ0v) is 10.8. The van der Waals surface area contributed by atoms with Crippen LogP contribution in [0.4, 0.5) is 0 Å². The Hall–Kier alpha value is -0.840. The molecule has 1 amide bonds. The van der Waals surface area contributed by atoms with Gasteiger partial charge in [-0.15, -0.1) is 0 Å². The molecule has 0 spiro atoms. The number of hydrogen-bond acceptors (Lipinski definition) is 2. The monoisotopic (exact) mass is 283 g/mol. The second-order valence-electron chi connectivity index (χ2n) is 4.71. The maximum Gasteiger partial charge on any atom is 0.291 e. The lowest BCUT2D eigenvalue weighted by atomic mass is 9.85. The number of nitrogens with zero attached hydrogens (tertiary/aromatic N) is 3. The van der Waals surface area contributed by atoms with E-state index in [0.29, 0.717) is 18.4 Å². The molecule has 1 fully saturated rings. The van der Waals surface area contributed by atoms with E-state index < -0.39 is 0 Å². The summed E-state index contributed by atoms with van der Waals surface area (Å²) in [6.45, 7) is 3.47. The lowest BCUT2D eigenvalue weighted by Gasteiger charge is -2.29. The summed E-state index contributed by atoms with van der Waals surface area (Å²) < 4.78 is 2.89. The second-order valence-corrected chi connectivity index (χ2v) is 5.46. The number of aromatic nitrogens is 2. The van der Waals surface area contributed by atoms with Crippen molar-refractivity contribution in [1.29, 1.82) is 0 Å². The Labute approximate surface area is 103 Å². The zero-order valence-electron chi connectivity index (χ0n) is 9.24. The number of imidazole rings is 1. The van der Waals surface area contributed by atoms with Crippen LogP contribution >= 0.6 is 15.9 Å². The minimum Gasteiger partial charge on any atom is -0.318 e. The number of carbonyl (C=O) groups excluding carboxylic acids is 1. The van der Waals surface area contributed by atoms with Crippen molar-refractivity contribution >= 4 is 21.8 Å². The van der Waals surface area contributed by atoms with E-state index in [4.69, 9.17) is 0 Å². The Balaban J connectivity index is 1.80. The van der Waals surface area contributed by atoms with E-state index in [9.17, 15) is 4.79 Å². The highest BCUT2D eigenvalue weighted by Gasteiger charge is 2.33. The molecular formula is C11H14BrN3O. The number of rotatable bonds is 2. The molecule has 2 aliphatic rings. The first-order chi connectivity index (χ1) is 7.66. The summed E-state index contributed by atoms with van der Waals surface area (Å²) in [6, 6.07) is 0. The lowest BCUT2D eigenvalue weighted by molar-refractivity contribution is 0.0701. The molecular weight excluding hydrogens is 270 g/mol. The van der Waals surface area contributed by atoms with Crippen molar-refractivity contribution in [2.75, 3.05) is 6.54 Å². The van der Waals surface area contributed by atoms with Crippen molar-refractivity contribution in [1.82, 2.24) is 14.5 Å². The van der Waals surface area contributed by atoms with E-state index in [-0.39, 0.29) is 5.91 Å². The molecule has 2 heterocycles. The molecule has 0 saturated heterocycles. The van der Waals surface area contributed by atoms with Crippen LogP contribution in [0.3, 0.4) is 0 Å². The molecule has 0 bridgehead atoms. The molecule has 1 aliphatic heterocycles. The molecule has 1 aromatic heterocycles. The van der Waals surface area contributed by atoms with Gasteiger partial charge in [-0.05, 0) is 41.6 Å². The first-order valence-electron chi connectivity index (χ1n) is 5.68. The molecule has 0 unspecified atom stereocenters. The van der Waals surface area contributed by atoms with Crippen LogP contribution in [0.15, 0.2) is 4.60 Å².